The van der Waals surface area contributed by atoms with E-state index < -0.39 is 11.6 Å². The third-order valence-electron chi connectivity index (χ3n) is 5.60. The van der Waals surface area contributed by atoms with E-state index in [9.17, 15) is 8.78 Å². The van der Waals surface area contributed by atoms with Gasteiger partial charge in [-0.05, 0) is 37.4 Å². The molecule has 0 aliphatic carbocycles. The van der Waals surface area contributed by atoms with E-state index >= 15 is 0 Å². The molecular weight excluding hydrogens is 426 g/mol. The molecular formula is C23H22F2N8. The van der Waals surface area contributed by atoms with E-state index in [1.54, 1.807) is 23.1 Å². The molecule has 0 bridgehead atoms. The van der Waals surface area contributed by atoms with Gasteiger partial charge in [0.2, 0.25) is 0 Å². The molecule has 1 fully saturated rings. The van der Waals surface area contributed by atoms with Gasteiger partial charge in [0, 0.05) is 49.8 Å². The van der Waals surface area contributed by atoms with E-state index in [-0.39, 0.29) is 17.1 Å². The number of hydrogen-bond donors (Lipinski definition) is 1. The van der Waals surface area contributed by atoms with Crippen LogP contribution in [0.15, 0.2) is 55.0 Å². The number of likely N-dealkylation sites (N-methyl/N-ethyl adjacent to an activating group) is 1. The molecule has 3 aromatic heterocycles. The van der Waals surface area contributed by atoms with Crippen LogP contribution in [-0.2, 0) is 0 Å². The third-order valence-corrected chi connectivity index (χ3v) is 5.60. The number of benzene rings is 1. The van der Waals surface area contributed by atoms with Gasteiger partial charge in [-0.2, -0.15) is 5.10 Å². The summed E-state index contributed by atoms with van der Waals surface area (Å²) in [5.74, 6) is -0.125. The van der Waals surface area contributed by atoms with Crippen LogP contribution in [0.4, 0.5) is 20.3 Å². The summed E-state index contributed by atoms with van der Waals surface area (Å²) >= 11 is 0. The second kappa shape index (κ2) is 8.55. The Kier molecular flexibility index (Phi) is 5.43. The highest BCUT2D eigenvalue weighted by molar-refractivity contribution is 5.65. The summed E-state index contributed by atoms with van der Waals surface area (Å²) in [6, 6.07) is 9.57. The molecule has 0 atom stereocenters. The van der Waals surface area contributed by atoms with Crippen LogP contribution < -0.4 is 10.6 Å². The molecule has 1 aliphatic heterocycles. The van der Waals surface area contributed by atoms with Crippen molar-refractivity contribution in [2.45, 2.75) is 0 Å². The molecule has 0 radical (unpaired) electrons. The van der Waals surface area contributed by atoms with Crippen LogP contribution in [0.2, 0.25) is 0 Å². The summed E-state index contributed by atoms with van der Waals surface area (Å²) in [4.78, 5) is 17.7. The lowest BCUT2D eigenvalue weighted by Crippen LogP contribution is -2.44. The highest BCUT2D eigenvalue weighted by Gasteiger charge is 2.18. The average molecular weight is 448 g/mol. The Hall–Kier alpha value is -3.92. The molecule has 1 saturated heterocycles. The molecule has 1 aliphatic rings. The molecule has 5 rings (SSSR count). The van der Waals surface area contributed by atoms with Crippen molar-refractivity contribution in [1.82, 2.24) is 29.6 Å². The number of nitrogens with two attached hydrogens (primary N) is 1. The summed E-state index contributed by atoms with van der Waals surface area (Å²) < 4.78 is 30.3. The first-order valence-electron chi connectivity index (χ1n) is 10.5. The minimum atomic E-state index is -0.815. The summed E-state index contributed by atoms with van der Waals surface area (Å²) in [6.45, 7) is 3.81. The molecule has 2 N–H and O–H groups in total. The topological polar surface area (TPSA) is 89.0 Å². The zero-order chi connectivity index (χ0) is 22.9. The molecule has 0 spiro atoms. The summed E-state index contributed by atoms with van der Waals surface area (Å²) in [6.07, 6.45) is 4.86. The van der Waals surface area contributed by atoms with Gasteiger partial charge in [-0.25, -0.2) is 28.4 Å². The van der Waals surface area contributed by atoms with Gasteiger partial charge in [0.05, 0.1) is 17.5 Å². The molecule has 0 amide bonds. The summed E-state index contributed by atoms with van der Waals surface area (Å²) in [5.41, 5.74) is 6.34. The molecule has 8 nitrogen and oxygen atoms in total. The van der Waals surface area contributed by atoms with Crippen LogP contribution in [0.5, 0.6) is 0 Å². The van der Waals surface area contributed by atoms with E-state index in [1.807, 2.05) is 18.2 Å². The lowest BCUT2D eigenvalue weighted by atomic mass is 10.1. The highest BCUT2D eigenvalue weighted by atomic mass is 19.1. The Labute approximate surface area is 189 Å². The molecule has 1 aromatic carbocycles. The fraction of sp³-hybridized carbons (Fsp3) is 0.217. The second-order valence-corrected chi connectivity index (χ2v) is 7.94. The lowest BCUT2D eigenvalue weighted by Gasteiger charge is -2.33. The first-order chi connectivity index (χ1) is 16.0. The van der Waals surface area contributed by atoms with Crippen LogP contribution in [0.1, 0.15) is 0 Å². The number of hydrogen-bond acceptors (Lipinski definition) is 7. The van der Waals surface area contributed by atoms with E-state index in [2.05, 4.69) is 31.9 Å². The molecule has 0 saturated carbocycles. The largest absolute Gasteiger partial charge is 0.399 e. The van der Waals surface area contributed by atoms with Crippen molar-refractivity contribution < 1.29 is 8.78 Å². The third kappa shape index (κ3) is 4.24. The van der Waals surface area contributed by atoms with Gasteiger partial charge in [0.15, 0.2) is 11.6 Å². The summed E-state index contributed by atoms with van der Waals surface area (Å²) in [7, 11) is 2.11. The fourth-order valence-electron chi connectivity index (χ4n) is 3.78. The van der Waals surface area contributed by atoms with Gasteiger partial charge in [0.25, 0.3) is 0 Å². The van der Waals surface area contributed by atoms with Gasteiger partial charge in [-0.1, -0.05) is 6.07 Å². The maximum absolute atomic E-state index is 14.3. The Morgan fingerprint density at radius 1 is 0.939 bits per heavy atom. The van der Waals surface area contributed by atoms with Crippen molar-refractivity contribution in [2.24, 2.45) is 0 Å². The number of rotatable bonds is 4. The van der Waals surface area contributed by atoms with Crippen molar-refractivity contribution in [3.8, 4) is 28.5 Å². The number of anilines is 2. The molecule has 10 heteroatoms. The Morgan fingerprint density at radius 2 is 1.67 bits per heavy atom. The van der Waals surface area contributed by atoms with Crippen LogP contribution in [0.3, 0.4) is 0 Å². The van der Waals surface area contributed by atoms with E-state index in [0.717, 1.165) is 44.1 Å². The van der Waals surface area contributed by atoms with Gasteiger partial charge < -0.3 is 15.5 Å². The number of aromatic nitrogens is 5. The van der Waals surface area contributed by atoms with Crippen LogP contribution >= 0.6 is 0 Å². The first kappa shape index (κ1) is 21.0. The fourth-order valence-corrected chi connectivity index (χ4v) is 3.78. The molecule has 4 aromatic rings. The second-order valence-electron chi connectivity index (χ2n) is 7.94. The molecule has 0 unspecified atom stereocenters. The molecule has 168 valence electrons. The Bertz CT molecular complexity index is 1270. The minimum Gasteiger partial charge on any atom is -0.399 e. The molecule has 4 heterocycles. The first-order valence-corrected chi connectivity index (χ1v) is 10.5. The zero-order valence-corrected chi connectivity index (χ0v) is 18.0. The zero-order valence-electron chi connectivity index (χ0n) is 18.0. The SMILES string of the molecule is CN1CCN(c2cccc(-n3cc(-c4ccnc(-c5c(F)cc(N)cc5F)n4)cn3)n2)CC1. The molecule has 33 heavy (non-hydrogen) atoms. The van der Waals surface area contributed by atoms with Crippen LogP contribution in [0, 0.1) is 11.6 Å². The van der Waals surface area contributed by atoms with Gasteiger partial charge in [-0.3, -0.25) is 0 Å². The smallest absolute Gasteiger partial charge is 0.165 e. The number of nitrogens with zero attached hydrogens (tertiary/aromatic N) is 7. The van der Waals surface area contributed by atoms with E-state index in [0.29, 0.717) is 17.1 Å². The number of piperazine rings is 1. The van der Waals surface area contributed by atoms with E-state index in [4.69, 9.17) is 10.7 Å². The van der Waals surface area contributed by atoms with E-state index in [1.165, 1.54) is 6.20 Å². The van der Waals surface area contributed by atoms with Crippen molar-refractivity contribution in [3.63, 3.8) is 0 Å². The quantitative estimate of drug-likeness (QED) is 0.480. The van der Waals surface area contributed by atoms with Crippen molar-refractivity contribution in [1.29, 1.82) is 0 Å². The van der Waals surface area contributed by atoms with Crippen molar-refractivity contribution in [2.75, 3.05) is 43.9 Å². The standard InChI is InChI=1S/C23H22F2N8/c1-31-7-9-32(10-8-31)20-3-2-4-21(30-20)33-14-15(13-28-33)19-5-6-27-23(29-19)22-17(24)11-16(26)12-18(22)25/h2-6,11-14H,7-10,26H2,1H3. The predicted octanol–water partition coefficient (Wildman–Crippen LogP) is 3.00. The lowest BCUT2D eigenvalue weighted by molar-refractivity contribution is 0.312. The Morgan fingerprint density at radius 3 is 2.42 bits per heavy atom. The van der Waals surface area contributed by atoms with Crippen molar-refractivity contribution in [3.05, 3.63) is 66.6 Å². The number of nitrogen functional groups attached to an aromatic ring is 1. The maximum atomic E-state index is 14.3. The summed E-state index contributed by atoms with van der Waals surface area (Å²) in [5, 5.41) is 4.41. The predicted molar refractivity (Wildman–Crippen MR) is 122 cm³/mol. The highest BCUT2D eigenvalue weighted by Crippen LogP contribution is 2.27. The van der Waals surface area contributed by atoms with Gasteiger partial charge >= 0.3 is 0 Å². The minimum absolute atomic E-state index is 0.00233. The maximum Gasteiger partial charge on any atom is 0.165 e. The Balaban J connectivity index is 1.43. The van der Waals surface area contributed by atoms with Gasteiger partial charge in [0.1, 0.15) is 17.5 Å². The normalized spacial score (nSPS) is 14.6. The van der Waals surface area contributed by atoms with Crippen LogP contribution in [0.25, 0.3) is 28.5 Å². The van der Waals surface area contributed by atoms with Gasteiger partial charge in [-0.15, -0.1) is 0 Å². The van der Waals surface area contributed by atoms with Crippen LogP contribution in [-0.4, -0.2) is 62.9 Å². The monoisotopic (exact) mass is 448 g/mol. The van der Waals surface area contributed by atoms with Crippen molar-refractivity contribution >= 4 is 11.5 Å². The number of pyridine rings is 1. The average Bonchev–Trinajstić information content (AvgIpc) is 3.30. The number of halogens is 2.